The third kappa shape index (κ3) is 4.19. The maximum absolute atomic E-state index is 12.7. The van der Waals surface area contributed by atoms with Crippen LogP contribution in [-0.4, -0.2) is 49.7 Å². The average Bonchev–Trinajstić information content (AvgIpc) is 2.57. The first kappa shape index (κ1) is 19.0. The van der Waals surface area contributed by atoms with Gasteiger partial charge in [-0.15, -0.1) is 0 Å². The Morgan fingerprint density at radius 1 is 1.12 bits per heavy atom. The van der Waals surface area contributed by atoms with Crippen molar-refractivity contribution < 1.29 is 13.2 Å². The van der Waals surface area contributed by atoms with Crippen LogP contribution in [0.4, 0.5) is 0 Å². The molecule has 0 saturated carbocycles. The fourth-order valence-electron chi connectivity index (χ4n) is 2.33. The number of nitrogens with zero attached hydrogens (tertiary/aromatic N) is 2. The van der Waals surface area contributed by atoms with Crippen molar-refractivity contribution in [3.8, 4) is 0 Å². The van der Waals surface area contributed by atoms with Crippen LogP contribution in [0.5, 0.6) is 0 Å². The fraction of sp³-hybridized carbons (Fsp3) is 0.312. The topological polar surface area (TPSA) is 57.7 Å². The van der Waals surface area contributed by atoms with E-state index in [9.17, 15) is 13.2 Å². The number of rotatable bonds is 4. The van der Waals surface area contributed by atoms with Gasteiger partial charge in [-0.2, -0.15) is 4.31 Å². The summed E-state index contributed by atoms with van der Waals surface area (Å²) in [6.07, 6.45) is 6.72. The highest BCUT2D eigenvalue weighted by atomic mass is 35.5. The maximum Gasteiger partial charge on any atom is 0.246 e. The van der Waals surface area contributed by atoms with Gasteiger partial charge in [0.1, 0.15) is 4.90 Å². The smallest absolute Gasteiger partial charge is 0.246 e. The van der Waals surface area contributed by atoms with Crippen LogP contribution >= 0.6 is 23.2 Å². The van der Waals surface area contributed by atoms with E-state index in [-0.39, 0.29) is 33.9 Å². The Labute approximate surface area is 152 Å². The van der Waals surface area contributed by atoms with Gasteiger partial charge in [-0.1, -0.05) is 47.5 Å². The molecule has 0 radical (unpaired) electrons. The van der Waals surface area contributed by atoms with Crippen LogP contribution in [0, 0.1) is 0 Å². The number of amides is 1. The number of allylic oxidation sites excluding steroid dienone is 3. The SMILES string of the molecule is C/C=C/C=C/C(=O)N1CCN(S(=O)(=O)c2cccc(Cl)c2Cl)CC1. The third-order valence-electron chi connectivity index (χ3n) is 3.63. The lowest BCUT2D eigenvalue weighted by molar-refractivity contribution is -0.127. The lowest BCUT2D eigenvalue weighted by Gasteiger charge is -2.33. The van der Waals surface area contributed by atoms with Gasteiger partial charge < -0.3 is 4.90 Å². The quantitative estimate of drug-likeness (QED) is 0.588. The summed E-state index contributed by atoms with van der Waals surface area (Å²) in [6, 6.07) is 4.52. The van der Waals surface area contributed by atoms with Crippen LogP contribution in [0.3, 0.4) is 0 Å². The van der Waals surface area contributed by atoms with E-state index in [1.807, 2.05) is 13.0 Å². The molecule has 0 unspecified atom stereocenters. The van der Waals surface area contributed by atoms with Crippen LogP contribution in [0.1, 0.15) is 6.92 Å². The second kappa shape index (κ2) is 8.16. The molecule has 2 rings (SSSR count). The van der Waals surface area contributed by atoms with Gasteiger partial charge in [0, 0.05) is 32.3 Å². The Bertz CT molecular complexity index is 768. The Kier molecular flexibility index (Phi) is 6.46. The van der Waals surface area contributed by atoms with Crippen molar-refractivity contribution in [3.63, 3.8) is 0 Å². The number of piperazine rings is 1. The van der Waals surface area contributed by atoms with Gasteiger partial charge in [-0.05, 0) is 19.1 Å². The lowest BCUT2D eigenvalue weighted by atomic mass is 10.3. The second-order valence-electron chi connectivity index (χ2n) is 5.17. The minimum atomic E-state index is -3.74. The molecular weight excluding hydrogens is 371 g/mol. The minimum Gasteiger partial charge on any atom is -0.337 e. The highest BCUT2D eigenvalue weighted by Crippen LogP contribution is 2.31. The predicted molar refractivity (Wildman–Crippen MR) is 95.8 cm³/mol. The zero-order valence-electron chi connectivity index (χ0n) is 13.2. The summed E-state index contributed by atoms with van der Waals surface area (Å²) in [5.41, 5.74) is 0. The molecule has 1 heterocycles. The minimum absolute atomic E-state index is 0.00979. The van der Waals surface area contributed by atoms with Crippen molar-refractivity contribution in [2.75, 3.05) is 26.2 Å². The molecule has 8 heteroatoms. The summed E-state index contributed by atoms with van der Waals surface area (Å²) in [5, 5.41) is 0.215. The van der Waals surface area contributed by atoms with Gasteiger partial charge in [0.25, 0.3) is 0 Å². The van der Waals surface area contributed by atoms with Crippen LogP contribution in [0.15, 0.2) is 47.4 Å². The summed E-state index contributed by atoms with van der Waals surface area (Å²) < 4.78 is 26.7. The molecule has 0 bridgehead atoms. The molecule has 0 aliphatic carbocycles. The molecule has 1 aliphatic heterocycles. The Morgan fingerprint density at radius 2 is 1.79 bits per heavy atom. The number of benzene rings is 1. The lowest BCUT2D eigenvalue weighted by Crippen LogP contribution is -2.50. The van der Waals surface area contributed by atoms with E-state index in [1.54, 1.807) is 23.1 Å². The van der Waals surface area contributed by atoms with Gasteiger partial charge in [0.15, 0.2) is 0 Å². The van der Waals surface area contributed by atoms with Crippen LogP contribution < -0.4 is 0 Å². The monoisotopic (exact) mass is 388 g/mol. The van der Waals surface area contributed by atoms with Gasteiger partial charge in [0.2, 0.25) is 15.9 Å². The zero-order chi connectivity index (χ0) is 17.7. The van der Waals surface area contributed by atoms with E-state index in [2.05, 4.69) is 0 Å². The molecule has 0 spiro atoms. The van der Waals surface area contributed by atoms with Gasteiger partial charge in [0.05, 0.1) is 10.0 Å². The van der Waals surface area contributed by atoms with E-state index < -0.39 is 10.0 Å². The number of carbonyl (C=O) groups is 1. The largest absolute Gasteiger partial charge is 0.337 e. The van der Waals surface area contributed by atoms with Crippen LogP contribution in [-0.2, 0) is 14.8 Å². The van der Waals surface area contributed by atoms with Crippen molar-refractivity contribution in [2.45, 2.75) is 11.8 Å². The molecule has 0 aromatic heterocycles. The normalized spacial score (nSPS) is 17.0. The third-order valence-corrected chi connectivity index (χ3v) is 6.50. The number of halogens is 2. The molecule has 1 amide bonds. The average molecular weight is 389 g/mol. The highest BCUT2D eigenvalue weighted by Gasteiger charge is 2.31. The van der Waals surface area contributed by atoms with Crippen molar-refractivity contribution in [1.29, 1.82) is 0 Å². The maximum atomic E-state index is 12.7. The summed E-state index contributed by atoms with van der Waals surface area (Å²) in [5.74, 6) is -0.133. The van der Waals surface area contributed by atoms with E-state index in [1.165, 1.54) is 22.5 Å². The van der Waals surface area contributed by atoms with E-state index in [0.29, 0.717) is 13.1 Å². The van der Waals surface area contributed by atoms with Crippen LogP contribution in [0.2, 0.25) is 10.0 Å². The second-order valence-corrected chi connectivity index (χ2v) is 7.86. The van der Waals surface area contributed by atoms with Crippen molar-refractivity contribution in [1.82, 2.24) is 9.21 Å². The van der Waals surface area contributed by atoms with E-state index in [4.69, 9.17) is 23.2 Å². The molecule has 0 atom stereocenters. The zero-order valence-corrected chi connectivity index (χ0v) is 15.5. The molecule has 1 aromatic rings. The summed E-state index contributed by atoms with van der Waals surface area (Å²) in [6.45, 7) is 2.95. The van der Waals surface area contributed by atoms with Crippen molar-refractivity contribution in [2.24, 2.45) is 0 Å². The molecule has 24 heavy (non-hydrogen) atoms. The number of hydrogen-bond acceptors (Lipinski definition) is 3. The molecule has 1 aliphatic rings. The van der Waals surface area contributed by atoms with E-state index in [0.717, 1.165) is 0 Å². The molecule has 130 valence electrons. The molecule has 1 fully saturated rings. The van der Waals surface area contributed by atoms with Crippen molar-refractivity contribution >= 4 is 39.1 Å². The van der Waals surface area contributed by atoms with Gasteiger partial charge in [-0.3, -0.25) is 4.79 Å². The number of hydrogen-bond donors (Lipinski definition) is 0. The van der Waals surface area contributed by atoms with Gasteiger partial charge >= 0.3 is 0 Å². The van der Waals surface area contributed by atoms with E-state index >= 15 is 0 Å². The van der Waals surface area contributed by atoms with Crippen molar-refractivity contribution in [3.05, 3.63) is 52.5 Å². The van der Waals surface area contributed by atoms with Gasteiger partial charge in [-0.25, -0.2) is 8.42 Å². The predicted octanol–water partition coefficient (Wildman–Crippen LogP) is 2.96. The first-order valence-electron chi connectivity index (χ1n) is 7.40. The van der Waals surface area contributed by atoms with Crippen LogP contribution in [0.25, 0.3) is 0 Å². The first-order chi connectivity index (χ1) is 11.4. The number of carbonyl (C=O) groups excluding carboxylic acids is 1. The molecule has 1 saturated heterocycles. The standard InChI is InChI=1S/C16H18Cl2N2O3S/c1-2-3-4-8-15(21)19-9-11-20(12-10-19)24(22,23)14-7-5-6-13(17)16(14)18/h2-8H,9-12H2,1H3/b3-2+,8-4+. The molecular formula is C16H18Cl2N2O3S. The summed E-state index contributed by atoms with van der Waals surface area (Å²) >= 11 is 11.9. The fourth-order valence-corrected chi connectivity index (χ4v) is 4.48. The number of sulfonamides is 1. The Balaban J connectivity index is 2.08. The Morgan fingerprint density at radius 3 is 2.42 bits per heavy atom. The molecule has 5 nitrogen and oxygen atoms in total. The Hall–Kier alpha value is -1.34. The molecule has 0 N–H and O–H groups in total. The highest BCUT2D eigenvalue weighted by molar-refractivity contribution is 7.89. The summed E-state index contributed by atoms with van der Waals surface area (Å²) in [4.78, 5) is 13.6. The first-order valence-corrected chi connectivity index (χ1v) is 9.60. The summed E-state index contributed by atoms with van der Waals surface area (Å²) in [7, 11) is -3.74. The molecule has 1 aromatic carbocycles.